The number of likely N-dealkylation sites (tertiary alicyclic amines) is 1. The first kappa shape index (κ1) is 16.7. The predicted octanol–water partition coefficient (Wildman–Crippen LogP) is 3.42. The molecular formula is C21H26N2O2. The van der Waals surface area contributed by atoms with Crippen LogP contribution in [0.2, 0.25) is 0 Å². The second kappa shape index (κ2) is 7.65. The van der Waals surface area contributed by atoms with Gasteiger partial charge in [0.25, 0.3) is 0 Å². The Balaban J connectivity index is 1.43. The quantitative estimate of drug-likeness (QED) is 0.837. The summed E-state index contributed by atoms with van der Waals surface area (Å²) in [7, 11) is 0. The van der Waals surface area contributed by atoms with E-state index < -0.39 is 0 Å². The molecule has 4 rings (SSSR count). The monoisotopic (exact) mass is 338 g/mol. The smallest absolute Gasteiger partial charge is 0.0996 e. The normalized spacial score (nSPS) is 27.0. The molecule has 4 nitrogen and oxygen atoms in total. The molecule has 0 aliphatic carbocycles. The third-order valence-corrected chi connectivity index (χ3v) is 5.42. The standard InChI is InChI=1S/C21H26N2O2/c1-2-6-18(7-3-1)17-24-20-16-23(15-19-8-4-11-22-14-19)12-10-21(20)9-5-13-25-21/h1-4,6-8,11,14,20H,5,9-10,12-13,15-17H2/t20-,21-/m0/s1. The lowest BCUT2D eigenvalue weighted by Gasteiger charge is -2.44. The van der Waals surface area contributed by atoms with Crippen molar-refractivity contribution >= 4 is 0 Å². The molecule has 2 aromatic rings. The Morgan fingerprint density at radius 2 is 2.00 bits per heavy atom. The number of ether oxygens (including phenoxy) is 2. The Morgan fingerprint density at radius 3 is 2.76 bits per heavy atom. The van der Waals surface area contributed by atoms with Gasteiger partial charge in [0.2, 0.25) is 0 Å². The average Bonchev–Trinajstić information content (AvgIpc) is 3.13. The van der Waals surface area contributed by atoms with E-state index in [1.54, 1.807) is 0 Å². The van der Waals surface area contributed by atoms with Crippen molar-refractivity contribution < 1.29 is 9.47 Å². The first-order valence-electron chi connectivity index (χ1n) is 9.25. The fourth-order valence-electron chi connectivity index (χ4n) is 4.04. The van der Waals surface area contributed by atoms with E-state index in [0.29, 0.717) is 6.61 Å². The van der Waals surface area contributed by atoms with Crippen molar-refractivity contribution in [3.63, 3.8) is 0 Å². The van der Waals surface area contributed by atoms with Gasteiger partial charge in [0.1, 0.15) is 0 Å². The van der Waals surface area contributed by atoms with Crippen LogP contribution in [0.3, 0.4) is 0 Å². The zero-order valence-corrected chi connectivity index (χ0v) is 14.6. The molecule has 2 aliphatic heterocycles. The molecule has 0 amide bonds. The van der Waals surface area contributed by atoms with Crippen LogP contribution in [0, 0.1) is 0 Å². The second-order valence-electron chi connectivity index (χ2n) is 7.15. The summed E-state index contributed by atoms with van der Waals surface area (Å²) in [5, 5.41) is 0. The number of pyridine rings is 1. The van der Waals surface area contributed by atoms with E-state index in [2.05, 4.69) is 40.2 Å². The maximum Gasteiger partial charge on any atom is 0.0996 e. The minimum atomic E-state index is -0.0831. The van der Waals surface area contributed by atoms with Gasteiger partial charge in [-0.15, -0.1) is 0 Å². The molecule has 2 saturated heterocycles. The van der Waals surface area contributed by atoms with Gasteiger partial charge in [-0.2, -0.15) is 0 Å². The SMILES string of the molecule is c1ccc(CO[C@H]2CN(Cc3cccnc3)CC[C@@]23CCCO3)cc1. The van der Waals surface area contributed by atoms with Crippen molar-refractivity contribution in [1.82, 2.24) is 9.88 Å². The van der Waals surface area contributed by atoms with Crippen molar-refractivity contribution in [2.24, 2.45) is 0 Å². The number of piperidine rings is 1. The van der Waals surface area contributed by atoms with E-state index in [4.69, 9.17) is 9.47 Å². The lowest BCUT2D eigenvalue weighted by atomic mass is 9.85. The van der Waals surface area contributed by atoms with Crippen LogP contribution in [0.4, 0.5) is 0 Å². The van der Waals surface area contributed by atoms with Crippen LogP contribution in [0.15, 0.2) is 54.9 Å². The fourth-order valence-corrected chi connectivity index (χ4v) is 4.04. The molecule has 0 N–H and O–H groups in total. The van der Waals surface area contributed by atoms with Crippen molar-refractivity contribution in [2.75, 3.05) is 19.7 Å². The van der Waals surface area contributed by atoms with E-state index >= 15 is 0 Å². The number of rotatable bonds is 5. The van der Waals surface area contributed by atoms with Crippen molar-refractivity contribution in [3.05, 3.63) is 66.0 Å². The molecule has 132 valence electrons. The molecule has 1 spiro atoms. The third-order valence-electron chi connectivity index (χ3n) is 5.42. The van der Waals surface area contributed by atoms with Gasteiger partial charge < -0.3 is 9.47 Å². The summed E-state index contributed by atoms with van der Waals surface area (Å²) in [6.45, 7) is 4.42. The second-order valence-corrected chi connectivity index (χ2v) is 7.15. The van der Waals surface area contributed by atoms with Gasteiger partial charge in [-0.25, -0.2) is 0 Å². The summed E-state index contributed by atoms with van der Waals surface area (Å²) in [6.07, 6.45) is 7.22. The minimum Gasteiger partial charge on any atom is -0.372 e. The minimum absolute atomic E-state index is 0.0831. The summed E-state index contributed by atoms with van der Waals surface area (Å²) < 4.78 is 12.6. The number of benzene rings is 1. The van der Waals surface area contributed by atoms with Crippen LogP contribution in [-0.2, 0) is 22.6 Å². The van der Waals surface area contributed by atoms with Gasteiger partial charge in [-0.05, 0) is 36.5 Å². The van der Waals surface area contributed by atoms with Crippen LogP contribution >= 0.6 is 0 Å². The first-order chi connectivity index (χ1) is 12.3. The predicted molar refractivity (Wildman–Crippen MR) is 97.1 cm³/mol. The van der Waals surface area contributed by atoms with Crippen LogP contribution in [-0.4, -0.2) is 41.3 Å². The van der Waals surface area contributed by atoms with E-state index in [1.165, 1.54) is 11.1 Å². The Labute approximate surface area is 149 Å². The molecule has 0 unspecified atom stereocenters. The van der Waals surface area contributed by atoms with Gasteiger partial charge in [-0.1, -0.05) is 36.4 Å². The molecule has 2 atom stereocenters. The highest BCUT2D eigenvalue weighted by Crippen LogP contribution is 2.38. The molecule has 0 bridgehead atoms. The number of nitrogens with zero attached hydrogens (tertiary/aromatic N) is 2. The molecular weight excluding hydrogens is 312 g/mol. The Bertz CT molecular complexity index is 656. The topological polar surface area (TPSA) is 34.6 Å². The van der Waals surface area contributed by atoms with Crippen LogP contribution in [0.25, 0.3) is 0 Å². The van der Waals surface area contributed by atoms with Gasteiger partial charge in [0.15, 0.2) is 0 Å². The van der Waals surface area contributed by atoms with Gasteiger partial charge >= 0.3 is 0 Å². The van der Waals surface area contributed by atoms with E-state index in [9.17, 15) is 0 Å². The molecule has 25 heavy (non-hydrogen) atoms. The molecule has 0 saturated carbocycles. The summed E-state index contributed by atoms with van der Waals surface area (Å²) in [5.41, 5.74) is 2.40. The number of hydrogen-bond donors (Lipinski definition) is 0. The third kappa shape index (κ3) is 3.92. The van der Waals surface area contributed by atoms with Crippen molar-refractivity contribution in [1.29, 1.82) is 0 Å². The molecule has 4 heteroatoms. The molecule has 2 aliphatic rings. The first-order valence-corrected chi connectivity index (χ1v) is 9.25. The van der Waals surface area contributed by atoms with E-state index in [1.807, 2.05) is 24.5 Å². The largest absolute Gasteiger partial charge is 0.372 e. The molecule has 2 fully saturated rings. The molecule has 1 aromatic carbocycles. The summed E-state index contributed by atoms with van der Waals surface area (Å²) >= 11 is 0. The molecule has 1 aromatic heterocycles. The van der Waals surface area contributed by atoms with Gasteiger partial charge in [0.05, 0.1) is 18.3 Å². The van der Waals surface area contributed by atoms with Crippen molar-refractivity contribution in [3.8, 4) is 0 Å². The maximum absolute atomic E-state index is 6.39. The summed E-state index contributed by atoms with van der Waals surface area (Å²) in [5.74, 6) is 0. The van der Waals surface area contributed by atoms with E-state index in [-0.39, 0.29) is 11.7 Å². The highest BCUT2D eigenvalue weighted by Gasteiger charge is 2.47. The lowest BCUT2D eigenvalue weighted by molar-refractivity contribution is -0.159. The lowest BCUT2D eigenvalue weighted by Crippen LogP contribution is -2.56. The Hall–Kier alpha value is -1.75. The average molecular weight is 338 g/mol. The van der Waals surface area contributed by atoms with Gasteiger partial charge in [-0.3, -0.25) is 9.88 Å². The van der Waals surface area contributed by atoms with Crippen LogP contribution in [0.1, 0.15) is 30.4 Å². The number of aromatic nitrogens is 1. The van der Waals surface area contributed by atoms with Crippen LogP contribution in [0.5, 0.6) is 0 Å². The van der Waals surface area contributed by atoms with E-state index in [0.717, 1.165) is 45.5 Å². The maximum atomic E-state index is 6.39. The number of hydrogen-bond acceptors (Lipinski definition) is 4. The zero-order valence-electron chi connectivity index (χ0n) is 14.6. The van der Waals surface area contributed by atoms with Gasteiger partial charge in [0, 0.05) is 38.6 Å². The highest BCUT2D eigenvalue weighted by atomic mass is 16.6. The Kier molecular flexibility index (Phi) is 5.11. The van der Waals surface area contributed by atoms with Crippen LogP contribution < -0.4 is 0 Å². The zero-order chi connectivity index (χ0) is 17.0. The molecule has 3 heterocycles. The Morgan fingerprint density at radius 1 is 1.12 bits per heavy atom. The molecule has 0 radical (unpaired) electrons. The highest BCUT2D eigenvalue weighted by molar-refractivity contribution is 5.14. The fraction of sp³-hybridized carbons (Fsp3) is 0.476. The van der Waals surface area contributed by atoms with Crippen molar-refractivity contribution in [2.45, 2.75) is 44.1 Å². The summed E-state index contributed by atoms with van der Waals surface area (Å²) in [4.78, 5) is 6.71. The summed E-state index contributed by atoms with van der Waals surface area (Å²) in [6, 6.07) is 14.6.